The molecule has 0 aromatic rings. The van der Waals surface area contributed by atoms with Crippen LogP contribution in [0.2, 0.25) is 0 Å². The molecule has 1 atom stereocenters. The Kier molecular flexibility index (Phi) is 2.89. The zero-order valence-electron chi connectivity index (χ0n) is 8.81. The predicted molar refractivity (Wildman–Crippen MR) is 55.9 cm³/mol. The van der Waals surface area contributed by atoms with Crippen molar-refractivity contribution in [3.8, 4) is 0 Å². The van der Waals surface area contributed by atoms with Gasteiger partial charge in [-0.15, -0.1) is 0 Å². The maximum atomic E-state index is 3.50. The molecule has 2 saturated heterocycles. The molecule has 2 heterocycles. The maximum Gasteiger partial charge on any atom is 0.00511 e. The predicted octanol–water partition coefficient (Wildman–Crippen LogP) is 1.47. The maximum absolute atomic E-state index is 3.50. The van der Waals surface area contributed by atoms with Gasteiger partial charge in [-0.3, -0.25) is 0 Å². The van der Waals surface area contributed by atoms with E-state index in [2.05, 4.69) is 17.1 Å². The van der Waals surface area contributed by atoms with Crippen molar-refractivity contribution in [1.82, 2.24) is 10.2 Å². The van der Waals surface area contributed by atoms with Crippen LogP contribution < -0.4 is 5.32 Å². The first kappa shape index (κ1) is 9.47. The standard InChI is InChI=1S/C11H22N2/c1-2-3-7-13-8-5-11(10-13)4-6-12-9-11/h12H,2-10H2,1H3. The smallest absolute Gasteiger partial charge is 0.00511 e. The van der Waals surface area contributed by atoms with Crippen molar-refractivity contribution < 1.29 is 0 Å². The van der Waals surface area contributed by atoms with Gasteiger partial charge in [0, 0.05) is 13.1 Å². The SMILES string of the molecule is CCCCN1CCC2(CCNC2)C1. The highest BCUT2D eigenvalue weighted by Gasteiger charge is 2.39. The highest BCUT2D eigenvalue weighted by molar-refractivity contribution is 4.95. The number of unbranched alkanes of at least 4 members (excludes halogenated alkanes) is 1. The summed E-state index contributed by atoms with van der Waals surface area (Å²) in [6, 6.07) is 0. The number of nitrogens with zero attached hydrogens (tertiary/aromatic N) is 1. The summed E-state index contributed by atoms with van der Waals surface area (Å²) in [5, 5.41) is 3.50. The molecule has 13 heavy (non-hydrogen) atoms. The van der Waals surface area contributed by atoms with Crippen LogP contribution in [0.1, 0.15) is 32.6 Å². The van der Waals surface area contributed by atoms with Gasteiger partial charge >= 0.3 is 0 Å². The van der Waals surface area contributed by atoms with Gasteiger partial charge in [0.2, 0.25) is 0 Å². The summed E-state index contributed by atoms with van der Waals surface area (Å²) < 4.78 is 0. The van der Waals surface area contributed by atoms with Crippen LogP contribution in [0.4, 0.5) is 0 Å². The van der Waals surface area contributed by atoms with Crippen LogP contribution in [0, 0.1) is 5.41 Å². The molecule has 2 fully saturated rings. The van der Waals surface area contributed by atoms with Gasteiger partial charge in [0.25, 0.3) is 0 Å². The molecule has 0 radical (unpaired) electrons. The topological polar surface area (TPSA) is 15.3 Å². The van der Waals surface area contributed by atoms with Gasteiger partial charge in [-0.1, -0.05) is 13.3 Å². The molecule has 0 saturated carbocycles. The molecule has 0 aromatic heterocycles. The van der Waals surface area contributed by atoms with E-state index in [0.29, 0.717) is 5.41 Å². The summed E-state index contributed by atoms with van der Waals surface area (Å²) in [4.78, 5) is 2.66. The Morgan fingerprint density at radius 2 is 2.31 bits per heavy atom. The molecule has 2 aliphatic rings. The van der Waals surface area contributed by atoms with Crippen LogP contribution in [-0.4, -0.2) is 37.6 Å². The van der Waals surface area contributed by atoms with E-state index < -0.39 is 0 Å². The number of hydrogen-bond donors (Lipinski definition) is 1. The van der Waals surface area contributed by atoms with Gasteiger partial charge in [-0.2, -0.15) is 0 Å². The molecule has 0 bridgehead atoms. The zero-order chi connectivity index (χ0) is 9.15. The van der Waals surface area contributed by atoms with Crippen LogP contribution >= 0.6 is 0 Å². The fourth-order valence-electron chi connectivity index (χ4n) is 2.74. The monoisotopic (exact) mass is 182 g/mol. The van der Waals surface area contributed by atoms with Crippen molar-refractivity contribution in [3.63, 3.8) is 0 Å². The van der Waals surface area contributed by atoms with Crippen molar-refractivity contribution in [1.29, 1.82) is 0 Å². The van der Waals surface area contributed by atoms with Gasteiger partial charge in [0.15, 0.2) is 0 Å². The average molecular weight is 182 g/mol. The molecule has 2 aliphatic heterocycles. The van der Waals surface area contributed by atoms with Crippen LogP contribution in [0.15, 0.2) is 0 Å². The average Bonchev–Trinajstić information content (AvgIpc) is 2.74. The molecule has 76 valence electrons. The highest BCUT2D eigenvalue weighted by atomic mass is 15.2. The van der Waals surface area contributed by atoms with Gasteiger partial charge in [0.1, 0.15) is 0 Å². The Balaban J connectivity index is 1.79. The summed E-state index contributed by atoms with van der Waals surface area (Å²) in [7, 11) is 0. The Labute approximate surface area is 81.7 Å². The number of nitrogens with one attached hydrogen (secondary N) is 1. The molecule has 0 aliphatic carbocycles. The Morgan fingerprint density at radius 1 is 1.38 bits per heavy atom. The molecule has 0 aromatic carbocycles. The van der Waals surface area contributed by atoms with E-state index in [1.165, 1.54) is 58.4 Å². The normalized spacial score (nSPS) is 34.8. The van der Waals surface area contributed by atoms with Gasteiger partial charge in [0.05, 0.1) is 0 Å². The number of rotatable bonds is 3. The minimum Gasteiger partial charge on any atom is -0.316 e. The second-order valence-corrected chi connectivity index (χ2v) is 4.81. The van der Waals surface area contributed by atoms with Crippen LogP contribution in [0.5, 0.6) is 0 Å². The third-order valence-electron chi connectivity index (χ3n) is 3.68. The Bertz CT molecular complexity index is 161. The van der Waals surface area contributed by atoms with E-state index in [0.717, 1.165) is 0 Å². The molecule has 2 rings (SSSR count). The van der Waals surface area contributed by atoms with E-state index >= 15 is 0 Å². The highest BCUT2D eigenvalue weighted by Crippen LogP contribution is 2.35. The second-order valence-electron chi connectivity index (χ2n) is 4.81. The van der Waals surface area contributed by atoms with Crippen molar-refractivity contribution in [3.05, 3.63) is 0 Å². The fraction of sp³-hybridized carbons (Fsp3) is 1.00. The minimum atomic E-state index is 0.674. The summed E-state index contributed by atoms with van der Waals surface area (Å²) in [5.41, 5.74) is 0.674. The Hall–Kier alpha value is -0.0800. The fourth-order valence-corrected chi connectivity index (χ4v) is 2.74. The van der Waals surface area contributed by atoms with E-state index in [-0.39, 0.29) is 0 Å². The Morgan fingerprint density at radius 3 is 3.00 bits per heavy atom. The first-order valence-corrected chi connectivity index (χ1v) is 5.78. The lowest BCUT2D eigenvalue weighted by Gasteiger charge is -2.22. The molecule has 2 heteroatoms. The van der Waals surface area contributed by atoms with Gasteiger partial charge < -0.3 is 10.2 Å². The first-order valence-electron chi connectivity index (χ1n) is 5.78. The molecular formula is C11H22N2. The summed E-state index contributed by atoms with van der Waals surface area (Å²) in [6.45, 7) is 8.85. The number of likely N-dealkylation sites (tertiary alicyclic amines) is 1. The lowest BCUT2D eigenvalue weighted by molar-refractivity contribution is 0.271. The summed E-state index contributed by atoms with van der Waals surface area (Å²) in [6.07, 6.45) is 5.56. The zero-order valence-corrected chi connectivity index (χ0v) is 8.81. The minimum absolute atomic E-state index is 0.674. The third kappa shape index (κ3) is 2.05. The van der Waals surface area contributed by atoms with E-state index in [4.69, 9.17) is 0 Å². The lowest BCUT2D eigenvalue weighted by Crippen LogP contribution is -2.29. The van der Waals surface area contributed by atoms with Crippen molar-refractivity contribution in [2.24, 2.45) is 5.41 Å². The van der Waals surface area contributed by atoms with Crippen LogP contribution in [0.25, 0.3) is 0 Å². The molecule has 1 N–H and O–H groups in total. The summed E-state index contributed by atoms with van der Waals surface area (Å²) in [5.74, 6) is 0. The summed E-state index contributed by atoms with van der Waals surface area (Å²) >= 11 is 0. The van der Waals surface area contributed by atoms with E-state index in [9.17, 15) is 0 Å². The first-order chi connectivity index (χ1) is 6.35. The van der Waals surface area contributed by atoms with E-state index in [1.54, 1.807) is 0 Å². The number of hydrogen-bond acceptors (Lipinski definition) is 2. The molecule has 1 unspecified atom stereocenters. The van der Waals surface area contributed by atoms with Crippen LogP contribution in [0.3, 0.4) is 0 Å². The second kappa shape index (κ2) is 3.97. The largest absolute Gasteiger partial charge is 0.316 e. The molecular weight excluding hydrogens is 160 g/mol. The molecule has 1 spiro atoms. The van der Waals surface area contributed by atoms with Crippen molar-refractivity contribution in [2.45, 2.75) is 32.6 Å². The molecule has 2 nitrogen and oxygen atoms in total. The van der Waals surface area contributed by atoms with Crippen molar-refractivity contribution >= 4 is 0 Å². The van der Waals surface area contributed by atoms with Gasteiger partial charge in [-0.25, -0.2) is 0 Å². The van der Waals surface area contributed by atoms with Crippen molar-refractivity contribution in [2.75, 3.05) is 32.7 Å². The lowest BCUT2D eigenvalue weighted by atomic mass is 9.87. The van der Waals surface area contributed by atoms with Crippen LogP contribution in [-0.2, 0) is 0 Å². The molecule has 0 amide bonds. The van der Waals surface area contributed by atoms with E-state index in [1.807, 2.05) is 0 Å². The quantitative estimate of drug-likeness (QED) is 0.711. The third-order valence-corrected chi connectivity index (χ3v) is 3.68. The van der Waals surface area contributed by atoms with Gasteiger partial charge in [-0.05, 0) is 44.3 Å².